The van der Waals surface area contributed by atoms with Crippen LogP contribution in [0.2, 0.25) is 0 Å². The molecule has 4 N–H and O–H groups in total. The number of likely N-dealkylation sites (tertiary alicyclic amines) is 1. The molecule has 51 heavy (non-hydrogen) atoms. The Bertz CT molecular complexity index is 1580. The molecule has 6 atom stereocenters. The molecule has 3 amide bonds. The second-order valence-electron chi connectivity index (χ2n) is 16.2. The van der Waals surface area contributed by atoms with Gasteiger partial charge < -0.3 is 26.0 Å². The van der Waals surface area contributed by atoms with Gasteiger partial charge in [0.15, 0.2) is 9.84 Å². The Morgan fingerprint density at radius 3 is 2.10 bits per heavy atom. The molecule has 282 valence electrons. The van der Waals surface area contributed by atoms with Gasteiger partial charge in [-0.05, 0) is 83.4 Å². The van der Waals surface area contributed by atoms with Crippen LogP contribution in [-0.4, -0.2) is 104 Å². The Morgan fingerprint density at radius 2 is 1.51 bits per heavy atom. The summed E-state index contributed by atoms with van der Waals surface area (Å²) < 4.78 is 24.5. The van der Waals surface area contributed by atoms with Crippen molar-refractivity contribution in [2.24, 2.45) is 11.8 Å². The van der Waals surface area contributed by atoms with Gasteiger partial charge in [-0.25, -0.2) is 8.42 Å². The lowest BCUT2D eigenvalue weighted by Gasteiger charge is -2.47. The van der Waals surface area contributed by atoms with Crippen LogP contribution in [0.5, 0.6) is 0 Å². The van der Waals surface area contributed by atoms with Gasteiger partial charge in [0, 0.05) is 37.6 Å². The van der Waals surface area contributed by atoms with Crippen LogP contribution in [0.3, 0.4) is 0 Å². The number of amides is 3. The number of rotatable bonds is 14. The number of aliphatic hydroxyl groups is 1. The van der Waals surface area contributed by atoms with Crippen molar-refractivity contribution in [2.45, 2.75) is 108 Å². The molecule has 1 saturated heterocycles. The van der Waals surface area contributed by atoms with E-state index in [2.05, 4.69) is 20.9 Å². The SMILES string of the molecule is CN(CC(=O)N[C@H](C(=O)N[C@@H](Cc1ccccc1)[C@H](O)CN1CC2CCCCC2C[C@H]1C(=O)NC(C)(C)C)C(C)(C)S(C)(=O)=O)c1ccccc1. The Morgan fingerprint density at radius 1 is 0.922 bits per heavy atom. The lowest BCUT2D eigenvalue weighted by atomic mass is 9.72. The number of benzene rings is 2. The van der Waals surface area contributed by atoms with E-state index < -0.39 is 56.2 Å². The molecule has 1 aliphatic carbocycles. The van der Waals surface area contributed by atoms with Gasteiger partial charge in [0.05, 0.1) is 29.5 Å². The quantitative estimate of drug-likeness (QED) is 0.232. The third-order valence-electron chi connectivity index (χ3n) is 10.6. The second-order valence-corrected chi connectivity index (χ2v) is 18.8. The first-order valence-corrected chi connectivity index (χ1v) is 20.1. The van der Waals surface area contributed by atoms with Crippen molar-refractivity contribution in [1.82, 2.24) is 20.9 Å². The number of fused-ring (bicyclic) bond motifs is 1. The number of carbonyl (C=O) groups excluding carboxylic acids is 3. The normalized spacial score (nSPS) is 21.8. The van der Waals surface area contributed by atoms with E-state index in [1.807, 2.05) is 81.4 Å². The molecule has 0 radical (unpaired) electrons. The predicted octanol–water partition coefficient (Wildman–Crippen LogP) is 3.31. The first-order valence-electron chi connectivity index (χ1n) is 18.2. The number of sulfone groups is 1. The Kier molecular flexibility index (Phi) is 13.4. The van der Waals surface area contributed by atoms with E-state index in [0.717, 1.165) is 43.2 Å². The van der Waals surface area contributed by atoms with E-state index >= 15 is 0 Å². The maximum absolute atomic E-state index is 14.2. The fourth-order valence-corrected chi connectivity index (χ4v) is 7.97. The number of nitrogens with one attached hydrogen (secondary N) is 3. The van der Waals surface area contributed by atoms with Gasteiger partial charge in [0.2, 0.25) is 17.7 Å². The monoisotopic (exact) mass is 725 g/mol. The van der Waals surface area contributed by atoms with Crippen molar-refractivity contribution in [3.8, 4) is 0 Å². The molecule has 1 saturated carbocycles. The highest BCUT2D eigenvalue weighted by molar-refractivity contribution is 7.92. The number of para-hydroxylation sites is 1. The number of β-amino-alcohol motifs (C(OH)–C–C–N with tert-alkyl or cyclic N) is 1. The molecule has 0 spiro atoms. The minimum absolute atomic E-state index is 0.0690. The Labute approximate surface area is 304 Å². The minimum atomic E-state index is -3.86. The van der Waals surface area contributed by atoms with Gasteiger partial charge in [0.1, 0.15) is 6.04 Å². The fourth-order valence-electron chi connectivity index (χ4n) is 7.38. The molecule has 2 aromatic rings. The van der Waals surface area contributed by atoms with E-state index in [4.69, 9.17) is 0 Å². The standard InChI is InChI=1S/C39H59N5O6S/c1-38(2,3)42-36(47)32-23-28-18-14-15-19-29(28)24-44(32)25-33(45)31(22-27-16-10-8-11-17-27)40-37(48)35(39(4,5)51(7,49)50)41-34(46)26-43(6)30-20-12-9-13-21-30/h8-13,16-17,20-21,28-29,31-33,35,45H,14-15,18-19,22-26H2,1-7H3,(H,40,48)(H,41,46)(H,42,47)/t28?,29?,31-,32-,33+,35+/m0/s1. The number of likely N-dealkylation sites (N-methyl/N-ethyl adjacent to an activating group) is 1. The summed E-state index contributed by atoms with van der Waals surface area (Å²) in [5, 5.41) is 20.8. The maximum Gasteiger partial charge on any atom is 0.244 e. The van der Waals surface area contributed by atoms with Gasteiger partial charge >= 0.3 is 0 Å². The highest BCUT2D eigenvalue weighted by Gasteiger charge is 2.46. The van der Waals surface area contributed by atoms with E-state index in [9.17, 15) is 27.9 Å². The van der Waals surface area contributed by atoms with Crippen molar-refractivity contribution in [1.29, 1.82) is 0 Å². The van der Waals surface area contributed by atoms with Gasteiger partial charge in [-0.2, -0.15) is 0 Å². The third-order valence-corrected chi connectivity index (χ3v) is 12.8. The summed E-state index contributed by atoms with van der Waals surface area (Å²) in [6, 6.07) is 16.0. The van der Waals surface area contributed by atoms with Crippen molar-refractivity contribution < 1.29 is 27.9 Å². The zero-order chi connectivity index (χ0) is 37.6. The molecule has 0 bridgehead atoms. The number of carbonyl (C=O) groups is 3. The van der Waals surface area contributed by atoms with E-state index in [1.54, 1.807) is 11.9 Å². The summed E-state index contributed by atoms with van der Waals surface area (Å²) >= 11 is 0. The average Bonchev–Trinajstić information content (AvgIpc) is 3.06. The second kappa shape index (κ2) is 16.9. The van der Waals surface area contributed by atoms with Crippen LogP contribution >= 0.6 is 0 Å². The molecule has 12 heteroatoms. The molecule has 2 aliphatic rings. The van der Waals surface area contributed by atoms with Gasteiger partial charge in [-0.3, -0.25) is 19.3 Å². The summed E-state index contributed by atoms with van der Waals surface area (Å²) in [4.78, 5) is 45.1. The first-order chi connectivity index (χ1) is 23.9. The Balaban J connectivity index is 1.60. The molecule has 2 fully saturated rings. The zero-order valence-corrected chi connectivity index (χ0v) is 32.2. The number of aliphatic hydroxyl groups excluding tert-OH is 1. The van der Waals surface area contributed by atoms with E-state index in [1.165, 1.54) is 13.8 Å². The summed E-state index contributed by atoms with van der Waals surface area (Å²) in [6.45, 7) is 9.39. The Hall–Kier alpha value is -3.48. The molecular weight excluding hydrogens is 667 g/mol. The number of anilines is 1. The van der Waals surface area contributed by atoms with Crippen molar-refractivity contribution >= 4 is 33.2 Å². The molecular formula is C39H59N5O6S. The lowest BCUT2D eigenvalue weighted by molar-refractivity contribution is -0.133. The zero-order valence-electron chi connectivity index (χ0n) is 31.4. The fraction of sp³-hybridized carbons (Fsp3) is 0.615. The number of hydrogen-bond acceptors (Lipinski definition) is 8. The first kappa shape index (κ1) is 40.3. The van der Waals surface area contributed by atoms with Crippen LogP contribution in [0.4, 0.5) is 5.69 Å². The van der Waals surface area contributed by atoms with E-state index in [0.29, 0.717) is 24.8 Å². The predicted molar refractivity (Wildman–Crippen MR) is 202 cm³/mol. The molecule has 2 aromatic carbocycles. The van der Waals surface area contributed by atoms with Crippen molar-refractivity contribution in [3.63, 3.8) is 0 Å². The van der Waals surface area contributed by atoms with Gasteiger partial charge in [0.25, 0.3) is 0 Å². The molecule has 2 unspecified atom stereocenters. The number of hydrogen-bond donors (Lipinski definition) is 4. The molecule has 4 rings (SSSR count). The summed E-state index contributed by atoms with van der Waals surface area (Å²) in [6.07, 6.45) is 5.38. The summed E-state index contributed by atoms with van der Waals surface area (Å²) in [5.74, 6) is -0.432. The third kappa shape index (κ3) is 11.0. The highest BCUT2D eigenvalue weighted by atomic mass is 32.2. The van der Waals surface area contributed by atoms with E-state index in [-0.39, 0.29) is 25.4 Å². The van der Waals surface area contributed by atoms with Crippen LogP contribution < -0.4 is 20.9 Å². The largest absolute Gasteiger partial charge is 0.390 e. The van der Waals surface area contributed by atoms with Crippen molar-refractivity contribution in [3.05, 3.63) is 66.2 Å². The number of piperidine rings is 1. The smallest absolute Gasteiger partial charge is 0.244 e. The number of nitrogens with zero attached hydrogens (tertiary/aromatic N) is 2. The molecule has 1 aliphatic heterocycles. The minimum Gasteiger partial charge on any atom is -0.390 e. The lowest BCUT2D eigenvalue weighted by Crippen LogP contribution is -2.64. The van der Waals surface area contributed by atoms with Crippen LogP contribution in [0.25, 0.3) is 0 Å². The van der Waals surface area contributed by atoms with Crippen LogP contribution in [0, 0.1) is 11.8 Å². The summed E-state index contributed by atoms with van der Waals surface area (Å²) in [5.41, 5.74) is 1.23. The topological polar surface area (TPSA) is 148 Å². The van der Waals surface area contributed by atoms with Crippen molar-refractivity contribution in [2.75, 3.05) is 37.8 Å². The van der Waals surface area contributed by atoms with Gasteiger partial charge in [-0.1, -0.05) is 67.8 Å². The van der Waals surface area contributed by atoms with Crippen LogP contribution in [0.15, 0.2) is 60.7 Å². The molecule has 0 aromatic heterocycles. The van der Waals surface area contributed by atoms with Crippen LogP contribution in [-0.2, 0) is 30.6 Å². The van der Waals surface area contributed by atoms with Gasteiger partial charge in [-0.15, -0.1) is 0 Å². The highest BCUT2D eigenvalue weighted by Crippen LogP contribution is 2.39. The summed E-state index contributed by atoms with van der Waals surface area (Å²) in [7, 11) is -2.12. The molecule has 1 heterocycles. The van der Waals surface area contributed by atoms with Crippen LogP contribution in [0.1, 0.15) is 72.3 Å². The molecule has 11 nitrogen and oxygen atoms in total. The maximum atomic E-state index is 14.2. The average molecular weight is 726 g/mol.